The highest BCUT2D eigenvalue weighted by Gasteiger charge is 2.69. The minimum Gasteiger partial charge on any atom is -0.356 e. The van der Waals surface area contributed by atoms with Crippen LogP contribution in [0.2, 0.25) is 0 Å². The van der Waals surface area contributed by atoms with Crippen molar-refractivity contribution in [2.75, 3.05) is 19.6 Å². The van der Waals surface area contributed by atoms with Crippen LogP contribution in [0.15, 0.2) is 18.2 Å². The second kappa shape index (κ2) is 9.41. The summed E-state index contributed by atoms with van der Waals surface area (Å²) in [5, 5.41) is 3.14. The predicted molar refractivity (Wildman–Crippen MR) is 119 cm³/mol. The van der Waals surface area contributed by atoms with Gasteiger partial charge in [0.1, 0.15) is 11.9 Å². The summed E-state index contributed by atoms with van der Waals surface area (Å²) in [6.45, 7) is 3.65. The number of piperidine rings is 1. The van der Waals surface area contributed by atoms with Crippen LogP contribution in [-0.4, -0.2) is 64.8 Å². The number of nitrogens with zero attached hydrogens (tertiary/aromatic N) is 2. The average molecular weight is 551 g/mol. The lowest BCUT2D eigenvalue weighted by atomic mass is 9.99. The molecule has 4 rings (SSSR count). The number of nitrogens with one attached hydrogen (secondary N) is 2. The molecular weight excluding hydrogens is 527 g/mol. The number of likely N-dealkylation sites (tertiary alicyclic amines) is 1. The fraction of sp³-hybridized carbons (Fsp3) is 0.565. The van der Waals surface area contributed by atoms with E-state index in [1.807, 2.05) is 13.8 Å². The molecule has 0 unspecified atom stereocenters. The second-order valence-electron chi connectivity index (χ2n) is 10.1. The van der Waals surface area contributed by atoms with E-state index in [0.717, 1.165) is 4.90 Å². The average Bonchev–Trinajstić information content (AvgIpc) is 3.16. The molecule has 5 atom stereocenters. The molecule has 2 heterocycles. The molecular formula is C23H24ClF5N4O4. The highest BCUT2D eigenvalue weighted by atomic mass is 35.5. The number of halogens is 6. The van der Waals surface area contributed by atoms with E-state index in [2.05, 4.69) is 10.7 Å². The molecule has 2 saturated heterocycles. The van der Waals surface area contributed by atoms with Gasteiger partial charge in [-0.3, -0.25) is 24.6 Å². The predicted octanol–water partition coefficient (Wildman–Crippen LogP) is 2.47. The van der Waals surface area contributed by atoms with Crippen molar-refractivity contribution >= 4 is 35.2 Å². The molecule has 2 N–H and O–H groups in total. The molecule has 202 valence electrons. The number of fused-ring (bicyclic) bond motifs is 1. The van der Waals surface area contributed by atoms with Gasteiger partial charge in [-0.1, -0.05) is 25.4 Å². The van der Waals surface area contributed by atoms with Crippen LogP contribution >= 0.6 is 11.6 Å². The number of benzene rings is 1. The quantitative estimate of drug-likeness (QED) is 0.334. The van der Waals surface area contributed by atoms with E-state index in [1.54, 1.807) is 0 Å². The van der Waals surface area contributed by atoms with Crippen molar-refractivity contribution in [1.82, 2.24) is 20.7 Å². The molecule has 1 saturated carbocycles. The first kappa shape index (κ1) is 27.1. The van der Waals surface area contributed by atoms with Crippen molar-refractivity contribution in [3.05, 3.63) is 35.1 Å². The zero-order valence-corrected chi connectivity index (χ0v) is 20.5. The van der Waals surface area contributed by atoms with Crippen molar-refractivity contribution in [3.8, 4) is 0 Å². The molecule has 3 fully saturated rings. The second-order valence-corrected chi connectivity index (χ2v) is 10.5. The number of carbonyl (C=O) groups excluding carboxylic acids is 4. The van der Waals surface area contributed by atoms with Crippen molar-refractivity contribution in [3.63, 3.8) is 0 Å². The fourth-order valence-corrected chi connectivity index (χ4v) is 5.50. The van der Waals surface area contributed by atoms with Crippen LogP contribution in [0.25, 0.3) is 0 Å². The molecule has 0 aromatic heterocycles. The normalized spacial score (nSPS) is 26.8. The first-order valence-corrected chi connectivity index (χ1v) is 11.9. The van der Waals surface area contributed by atoms with E-state index in [9.17, 15) is 41.1 Å². The number of hydrazine groups is 1. The van der Waals surface area contributed by atoms with Crippen LogP contribution in [0.3, 0.4) is 0 Å². The highest BCUT2D eigenvalue weighted by molar-refractivity contribution is 6.29. The molecule has 4 amide bonds. The van der Waals surface area contributed by atoms with Gasteiger partial charge in [0.05, 0.1) is 18.0 Å². The molecule has 3 aliphatic rings. The number of carbonyl (C=O) groups is 4. The third kappa shape index (κ3) is 5.10. The maximum absolute atomic E-state index is 14.0. The maximum atomic E-state index is 14.0. The summed E-state index contributed by atoms with van der Waals surface area (Å²) in [4.78, 5) is 51.9. The van der Waals surface area contributed by atoms with Crippen LogP contribution < -0.4 is 10.7 Å². The summed E-state index contributed by atoms with van der Waals surface area (Å²) < 4.78 is 67.2. The Hall–Kier alpha value is -2.96. The number of hydrogen-bond donors (Lipinski definition) is 2. The lowest BCUT2D eigenvalue weighted by Crippen LogP contribution is -2.57. The van der Waals surface area contributed by atoms with Gasteiger partial charge in [0.2, 0.25) is 5.91 Å². The Labute approximate surface area is 213 Å². The van der Waals surface area contributed by atoms with Gasteiger partial charge in [-0.25, -0.2) is 13.8 Å². The Morgan fingerprint density at radius 2 is 1.95 bits per heavy atom. The van der Waals surface area contributed by atoms with Crippen LogP contribution in [0.5, 0.6) is 0 Å². The van der Waals surface area contributed by atoms with Crippen molar-refractivity contribution < 1.29 is 41.1 Å². The Morgan fingerprint density at radius 1 is 1.27 bits per heavy atom. The third-order valence-corrected chi connectivity index (χ3v) is 7.66. The molecule has 0 bridgehead atoms. The summed E-state index contributed by atoms with van der Waals surface area (Å²) in [7, 11) is 0. The van der Waals surface area contributed by atoms with Gasteiger partial charge in [-0.2, -0.15) is 13.2 Å². The Balaban J connectivity index is 1.60. The maximum Gasteiger partial charge on any atom is 0.416 e. The summed E-state index contributed by atoms with van der Waals surface area (Å²) in [6, 6.07) is 0.169. The van der Waals surface area contributed by atoms with Gasteiger partial charge in [0, 0.05) is 18.7 Å². The van der Waals surface area contributed by atoms with E-state index >= 15 is 0 Å². The molecule has 1 aromatic carbocycles. The molecule has 8 nitrogen and oxygen atoms in total. The number of hydrogen-bond acceptors (Lipinski definition) is 4. The number of amides is 4. The van der Waals surface area contributed by atoms with Crippen LogP contribution in [-0.2, 0) is 20.6 Å². The first-order chi connectivity index (χ1) is 17.1. The summed E-state index contributed by atoms with van der Waals surface area (Å²) >= 11 is 5.29. The van der Waals surface area contributed by atoms with E-state index < -0.39 is 75.7 Å². The molecule has 14 heteroatoms. The number of alkyl halides is 5. The Kier molecular flexibility index (Phi) is 6.89. The molecule has 2 aliphatic heterocycles. The van der Waals surface area contributed by atoms with Gasteiger partial charge < -0.3 is 10.2 Å². The zero-order chi connectivity index (χ0) is 27.4. The smallest absolute Gasteiger partial charge is 0.356 e. The molecule has 37 heavy (non-hydrogen) atoms. The van der Waals surface area contributed by atoms with E-state index in [-0.39, 0.29) is 25.1 Å². The summed E-state index contributed by atoms with van der Waals surface area (Å²) in [5.74, 6) is -6.23. The lowest BCUT2D eigenvalue weighted by molar-refractivity contribution is -0.146. The van der Waals surface area contributed by atoms with E-state index in [4.69, 9.17) is 11.6 Å². The van der Waals surface area contributed by atoms with Gasteiger partial charge in [0.25, 0.3) is 23.4 Å². The van der Waals surface area contributed by atoms with Crippen LogP contribution in [0, 0.1) is 29.0 Å². The fourth-order valence-electron chi connectivity index (χ4n) is 5.39. The van der Waals surface area contributed by atoms with Crippen LogP contribution in [0.4, 0.5) is 22.0 Å². The lowest BCUT2D eigenvalue weighted by Gasteiger charge is -2.33. The molecule has 0 spiro atoms. The minimum absolute atomic E-state index is 0.00662. The first-order valence-electron chi connectivity index (χ1n) is 11.5. The monoisotopic (exact) mass is 550 g/mol. The Morgan fingerprint density at radius 3 is 2.51 bits per heavy atom. The van der Waals surface area contributed by atoms with Crippen molar-refractivity contribution in [2.45, 2.75) is 38.1 Å². The van der Waals surface area contributed by atoms with Gasteiger partial charge in [-0.15, -0.1) is 0 Å². The van der Waals surface area contributed by atoms with E-state index in [0.29, 0.717) is 30.1 Å². The van der Waals surface area contributed by atoms with Crippen molar-refractivity contribution in [1.29, 1.82) is 0 Å². The largest absolute Gasteiger partial charge is 0.416 e. The topological polar surface area (TPSA) is 98.8 Å². The van der Waals surface area contributed by atoms with Crippen molar-refractivity contribution in [2.24, 2.45) is 23.2 Å². The standard InChI is InChI=1S/C23H24ClF5N4O4/c1-22(2)14-9-32(20(36)11-5-12(23(27,28)29)7-13(25)6-11)16(15(14)22)19(35)31-33(21(37)17(24)26)8-10-3-4-30-18(10)34/h5-7,10,14-17H,3-4,8-9H2,1-2H3,(H,30,34)(H,31,35)/t10-,14-,15-,16-,17-/m0/s1. The Bertz CT molecular complexity index is 1140. The van der Waals surface area contributed by atoms with Crippen LogP contribution in [0.1, 0.15) is 36.2 Å². The third-order valence-electron chi connectivity index (χ3n) is 7.47. The van der Waals surface area contributed by atoms with Gasteiger partial charge in [0.15, 0.2) is 0 Å². The zero-order valence-electron chi connectivity index (χ0n) is 19.7. The SMILES string of the molecule is CC1(C)[C@@H]2[C@@H](C(=O)NN(C[C@@H]3CCNC3=O)C(=O)[C@H](F)Cl)N(C(=O)c3cc(F)cc(C(F)(F)F)c3)C[C@@H]21. The van der Waals surface area contributed by atoms with E-state index in [1.165, 1.54) is 0 Å². The number of rotatable bonds is 5. The molecule has 0 radical (unpaired) electrons. The van der Waals surface area contributed by atoms with Gasteiger partial charge in [-0.05, 0) is 41.9 Å². The summed E-state index contributed by atoms with van der Waals surface area (Å²) in [5.41, 5.74) is -2.63. The summed E-state index contributed by atoms with van der Waals surface area (Å²) in [6.07, 6.45) is -4.58. The molecule has 1 aromatic rings. The highest BCUT2D eigenvalue weighted by Crippen LogP contribution is 2.65. The minimum atomic E-state index is -4.90. The van der Waals surface area contributed by atoms with Gasteiger partial charge >= 0.3 is 6.18 Å². The molecule has 1 aliphatic carbocycles.